The maximum absolute atomic E-state index is 11.7. The predicted molar refractivity (Wildman–Crippen MR) is 65.9 cm³/mol. The highest BCUT2D eigenvalue weighted by Gasteiger charge is 2.22. The molecule has 94 valence electrons. The van der Waals surface area contributed by atoms with Gasteiger partial charge in [-0.2, -0.15) is 0 Å². The van der Waals surface area contributed by atoms with Crippen LogP contribution in [0.2, 0.25) is 0 Å². The molecule has 0 saturated heterocycles. The summed E-state index contributed by atoms with van der Waals surface area (Å²) in [5, 5.41) is 3.03. The van der Waals surface area contributed by atoms with E-state index in [-0.39, 0.29) is 11.9 Å². The van der Waals surface area contributed by atoms with Gasteiger partial charge in [0.05, 0.1) is 6.04 Å². The van der Waals surface area contributed by atoms with Gasteiger partial charge in [0.15, 0.2) is 0 Å². The van der Waals surface area contributed by atoms with Crippen molar-refractivity contribution in [1.82, 2.24) is 5.32 Å². The zero-order valence-corrected chi connectivity index (χ0v) is 10.2. The number of rotatable bonds is 5. The molecule has 0 aromatic rings. The molecule has 4 heteroatoms. The quantitative estimate of drug-likeness (QED) is 0.652. The molecular weight excluding hydrogens is 202 g/mol. The SMILES string of the molecule is CCCC[C@H](N)C(=O)NC1CCC(N)CC1. The highest BCUT2D eigenvalue weighted by Crippen LogP contribution is 2.17. The van der Waals surface area contributed by atoms with E-state index in [9.17, 15) is 4.79 Å². The summed E-state index contributed by atoms with van der Waals surface area (Å²) in [5.41, 5.74) is 11.6. The number of nitrogens with two attached hydrogens (primary N) is 2. The van der Waals surface area contributed by atoms with Gasteiger partial charge in [-0.25, -0.2) is 0 Å². The smallest absolute Gasteiger partial charge is 0.237 e. The second kappa shape index (κ2) is 6.86. The van der Waals surface area contributed by atoms with Gasteiger partial charge in [0.25, 0.3) is 0 Å². The number of nitrogens with one attached hydrogen (secondary N) is 1. The molecule has 1 rings (SSSR count). The average molecular weight is 227 g/mol. The molecule has 1 aliphatic carbocycles. The summed E-state index contributed by atoms with van der Waals surface area (Å²) in [6.07, 6.45) is 6.89. The molecule has 0 spiro atoms. The highest BCUT2D eigenvalue weighted by molar-refractivity contribution is 5.81. The van der Waals surface area contributed by atoms with Crippen LogP contribution in [0, 0.1) is 0 Å². The zero-order chi connectivity index (χ0) is 12.0. The molecule has 1 saturated carbocycles. The molecule has 5 N–H and O–H groups in total. The Hall–Kier alpha value is -0.610. The molecule has 0 radical (unpaired) electrons. The van der Waals surface area contributed by atoms with Gasteiger partial charge in [-0.15, -0.1) is 0 Å². The van der Waals surface area contributed by atoms with Gasteiger partial charge in [-0.05, 0) is 32.1 Å². The molecule has 0 bridgehead atoms. The number of unbranched alkanes of at least 4 members (excludes halogenated alkanes) is 1. The molecule has 0 aromatic carbocycles. The molecule has 1 amide bonds. The lowest BCUT2D eigenvalue weighted by Crippen LogP contribution is -2.47. The van der Waals surface area contributed by atoms with Crippen LogP contribution in [0.5, 0.6) is 0 Å². The van der Waals surface area contributed by atoms with Crippen LogP contribution in [0.25, 0.3) is 0 Å². The van der Waals surface area contributed by atoms with Gasteiger partial charge in [-0.3, -0.25) is 4.79 Å². The lowest BCUT2D eigenvalue weighted by Gasteiger charge is -2.27. The van der Waals surface area contributed by atoms with Crippen molar-refractivity contribution in [3.05, 3.63) is 0 Å². The second-order valence-corrected chi connectivity index (χ2v) is 4.87. The number of amides is 1. The Balaban J connectivity index is 2.22. The maximum Gasteiger partial charge on any atom is 0.237 e. The molecule has 0 aliphatic heterocycles. The van der Waals surface area contributed by atoms with Crippen molar-refractivity contribution in [2.24, 2.45) is 11.5 Å². The lowest BCUT2D eigenvalue weighted by molar-refractivity contribution is -0.123. The van der Waals surface area contributed by atoms with Crippen molar-refractivity contribution in [3.8, 4) is 0 Å². The van der Waals surface area contributed by atoms with E-state index in [4.69, 9.17) is 11.5 Å². The van der Waals surface area contributed by atoms with Gasteiger partial charge >= 0.3 is 0 Å². The molecular formula is C12H25N3O. The Bertz CT molecular complexity index is 212. The van der Waals surface area contributed by atoms with Crippen molar-refractivity contribution in [2.75, 3.05) is 0 Å². The van der Waals surface area contributed by atoms with Gasteiger partial charge in [0.1, 0.15) is 0 Å². The molecule has 0 heterocycles. The van der Waals surface area contributed by atoms with Crippen molar-refractivity contribution in [1.29, 1.82) is 0 Å². The average Bonchev–Trinajstić information content (AvgIpc) is 2.29. The van der Waals surface area contributed by atoms with E-state index in [1.165, 1.54) is 0 Å². The molecule has 4 nitrogen and oxygen atoms in total. The first-order valence-corrected chi connectivity index (χ1v) is 6.45. The summed E-state index contributed by atoms with van der Waals surface area (Å²) in [6, 6.07) is 0.275. The van der Waals surface area contributed by atoms with E-state index in [2.05, 4.69) is 12.2 Å². The number of hydrogen-bond donors (Lipinski definition) is 3. The zero-order valence-electron chi connectivity index (χ0n) is 10.2. The highest BCUT2D eigenvalue weighted by atomic mass is 16.2. The normalized spacial score (nSPS) is 27.4. The molecule has 16 heavy (non-hydrogen) atoms. The summed E-state index contributed by atoms with van der Waals surface area (Å²) < 4.78 is 0. The molecule has 1 atom stereocenters. The predicted octanol–water partition coefficient (Wildman–Crippen LogP) is 0.890. The standard InChI is InChI=1S/C12H25N3O/c1-2-3-4-11(14)12(16)15-10-7-5-9(13)6-8-10/h9-11H,2-8,13-14H2,1H3,(H,15,16)/t9?,10?,11-/m0/s1. The fraction of sp³-hybridized carbons (Fsp3) is 0.917. The first-order chi connectivity index (χ1) is 7.63. The minimum Gasteiger partial charge on any atom is -0.352 e. The van der Waals surface area contributed by atoms with Crippen LogP contribution >= 0.6 is 0 Å². The Kier molecular flexibility index (Phi) is 5.77. The van der Waals surface area contributed by atoms with Gasteiger partial charge in [0, 0.05) is 12.1 Å². The fourth-order valence-electron chi connectivity index (χ4n) is 2.13. The molecule has 1 fully saturated rings. The van der Waals surface area contributed by atoms with E-state index in [0.29, 0.717) is 12.1 Å². The van der Waals surface area contributed by atoms with Crippen LogP contribution in [0.4, 0.5) is 0 Å². The van der Waals surface area contributed by atoms with E-state index >= 15 is 0 Å². The van der Waals surface area contributed by atoms with E-state index < -0.39 is 0 Å². The summed E-state index contributed by atoms with van der Waals surface area (Å²) in [5.74, 6) is 0.00826. The summed E-state index contributed by atoms with van der Waals surface area (Å²) in [7, 11) is 0. The lowest BCUT2D eigenvalue weighted by atomic mass is 9.91. The Morgan fingerprint density at radius 1 is 1.38 bits per heavy atom. The molecule has 0 aromatic heterocycles. The largest absolute Gasteiger partial charge is 0.352 e. The van der Waals surface area contributed by atoms with Gasteiger partial charge in [0.2, 0.25) is 5.91 Å². The van der Waals surface area contributed by atoms with Crippen LogP contribution < -0.4 is 16.8 Å². The third-order valence-electron chi connectivity index (χ3n) is 3.32. The Morgan fingerprint density at radius 2 is 2.00 bits per heavy atom. The van der Waals surface area contributed by atoms with E-state index in [0.717, 1.165) is 44.9 Å². The first kappa shape index (κ1) is 13.5. The van der Waals surface area contributed by atoms with Crippen LogP contribution in [0.1, 0.15) is 51.9 Å². The monoisotopic (exact) mass is 227 g/mol. The summed E-state index contributed by atoms with van der Waals surface area (Å²) in [4.78, 5) is 11.7. The Labute approximate surface area is 98.1 Å². The maximum atomic E-state index is 11.7. The van der Waals surface area contributed by atoms with Gasteiger partial charge in [-0.1, -0.05) is 19.8 Å². The number of carbonyl (C=O) groups excluding carboxylic acids is 1. The summed E-state index contributed by atoms with van der Waals surface area (Å²) in [6.45, 7) is 2.10. The fourth-order valence-corrected chi connectivity index (χ4v) is 2.13. The van der Waals surface area contributed by atoms with Crippen LogP contribution in [-0.4, -0.2) is 24.0 Å². The van der Waals surface area contributed by atoms with Crippen molar-refractivity contribution in [2.45, 2.75) is 70.0 Å². The van der Waals surface area contributed by atoms with E-state index in [1.54, 1.807) is 0 Å². The van der Waals surface area contributed by atoms with E-state index in [1.807, 2.05) is 0 Å². The van der Waals surface area contributed by atoms with Crippen LogP contribution in [0.3, 0.4) is 0 Å². The number of hydrogen-bond acceptors (Lipinski definition) is 3. The van der Waals surface area contributed by atoms with Crippen LogP contribution in [0.15, 0.2) is 0 Å². The third-order valence-corrected chi connectivity index (χ3v) is 3.32. The third kappa shape index (κ3) is 4.49. The van der Waals surface area contributed by atoms with Gasteiger partial charge < -0.3 is 16.8 Å². The molecule has 0 unspecified atom stereocenters. The first-order valence-electron chi connectivity index (χ1n) is 6.45. The van der Waals surface area contributed by atoms with Crippen molar-refractivity contribution >= 4 is 5.91 Å². The second-order valence-electron chi connectivity index (χ2n) is 4.87. The molecule has 1 aliphatic rings. The number of carbonyl (C=O) groups is 1. The van der Waals surface area contributed by atoms with Crippen LogP contribution in [-0.2, 0) is 4.79 Å². The Morgan fingerprint density at radius 3 is 2.56 bits per heavy atom. The summed E-state index contributed by atoms with van der Waals surface area (Å²) >= 11 is 0. The minimum absolute atomic E-state index is 0.00826. The topological polar surface area (TPSA) is 81.1 Å². The van der Waals surface area contributed by atoms with Crippen molar-refractivity contribution < 1.29 is 4.79 Å². The van der Waals surface area contributed by atoms with Crippen molar-refractivity contribution in [3.63, 3.8) is 0 Å². The minimum atomic E-state index is -0.337.